The number of nitrogens with two attached hydrogens (primary N) is 1. The number of hydrogen-bond acceptors (Lipinski definition) is 5. The molecule has 1 amide bonds. The van der Waals surface area contributed by atoms with Gasteiger partial charge in [-0.05, 0) is 62.3 Å². The fourth-order valence-corrected chi connectivity index (χ4v) is 5.91. The number of alkyl halides is 3. The van der Waals surface area contributed by atoms with Crippen molar-refractivity contribution >= 4 is 17.4 Å². The number of anilines is 2. The maximum Gasteiger partial charge on any atom is 0.416 e. The van der Waals surface area contributed by atoms with E-state index in [2.05, 4.69) is 10.00 Å². The minimum absolute atomic E-state index is 0.177. The highest BCUT2D eigenvalue weighted by atomic mass is 19.4. The van der Waals surface area contributed by atoms with Gasteiger partial charge >= 0.3 is 12.2 Å². The van der Waals surface area contributed by atoms with Crippen LogP contribution in [0.2, 0.25) is 0 Å². The molecule has 0 bridgehead atoms. The zero-order chi connectivity index (χ0) is 24.0. The van der Waals surface area contributed by atoms with Gasteiger partial charge in [-0.3, -0.25) is 4.90 Å². The molecule has 2 N–H and O–H groups in total. The normalized spacial score (nSPS) is 24.9. The van der Waals surface area contributed by atoms with Crippen LogP contribution >= 0.6 is 0 Å². The average Bonchev–Trinajstić information content (AvgIpc) is 3.56. The van der Waals surface area contributed by atoms with E-state index in [0.717, 1.165) is 38.8 Å². The van der Waals surface area contributed by atoms with Crippen LogP contribution in [0.5, 0.6) is 0 Å². The summed E-state index contributed by atoms with van der Waals surface area (Å²) in [5, 5.41) is 4.00. The summed E-state index contributed by atoms with van der Waals surface area (Å²) in [7, 11) is 1.91. The first kappa shape index (κ1) is 23.0. The number of hydrogen-bond donors (Lipinski definition) is 1. The first-order chi connectivity index (χ1) is 16.2. The van der Waals surface area contributed by atoms with Crippen LogP contribution in [0.1, 0.15) is 36.8 Å². The molecule has 3 aliphatic rings. The third-order valence-electron chi connectivity index (χ3n) is 7.71. The molecule has 7 nitrogen and oxygen atoms in total. The summed E-state index contributed by atoms with van der Waals surface area (Å²) in [5.74, 6) is 0.702. The minimum atomic E-state index is -4.38. The van der Waals surface area contributed by atoms with E-state index in [4.69, 9.17) is 5.73 Å². The fourth-order valence-electron chi connectivity index (χ4n) is 5.91. The molecule has 2 aromatic rings. The Balaban J connectivity index is 1.23. The molecule has 3 atom stereocenters. The van der Waals surface area contributed by atoms with Crippen molar-refractivity contribution in [2.45, 2.75) is 44.4 Å². The largest absolute Gasteiger partial charge is 0.416 e. The van der Waals surface area contributed by atoms with Gasteiger partial charge in [-0.1, -0.05) is 6.07 Å². The molecule has 1 aromatic carbocycles. The number of carbonyl (C=O) groups excluding carboxylic acids is 1. The predicted octanol–water partition coefficient (Wildman–Crippen LogP) is 3.89. The smallest absolute Gasteiger partial charge is 0.396 e. The summed E-state index contributed by atoms with van der Waals surface area (Å²) < 4.78 is 43.0. The molecular formula is C24H31F3N6O. The van der Waals surface area contributed by atoms with E-state index in [-0.39, 0.29) is 18.6 Å². The molecule has 3 heterocycles. The number of nitrogen functional groups attached to an aromatic ring is 1. The lowest BCUT2D eigenvalue weighted by Crippen LogP contribution is -2.36. The number of aromatic nitrogens is 2. The van der Waals surface area contributed by atoms with Crippen LogP contribution in [0, 0.1) is 11.8 Å². The number of rotatable bonds is 4. The van der Waals surface area contributed by atoms with Gasteiger partial charge in [0.25, 0.3) is 0 Å². The Labute approximate surface area is 197 Å². The van der Waals surface area contributed by atoms with Crippen molar-refractivity contribution in [3.05, 3.63) is 41.7 Å². The van der Waals surface area contributed by atoms with E-state index < -0.39 is 11.7 Å². The summed E-state index contributed by atoms with van der Waals surface area (Å²) >= 11 is 0. The highest BCUT2D eigenvalue weighted by Crippen LogP contribution is 2.41. The summed E-state index contributed by atoms with van der Waals surface area (Å²) in [6.07, 6.45) is 2.38. The molecule has 0 spiro atoms. The molecule has 3 fully saturated rings. The molecule has 10 heteroatoms. The third kappa shape index (κ3) is 4.47. The van der Waals surface area contributed by atoms with Gasteiger partial charge in [-0.25, -0.2) is 4.79 Å². The molecule has 1 aromatic heterocycles. The van der Waals surface area contributed by atoms with Crippen molar-refractivity contribution in [1.29, 1.82) is 0 Å². The van der Waals surface area contributed by atoms with Gasteiger partial charge in [-0.2, -0.15) is 23.0 Å². The van der Waals surface area contributed by atoms with E-state index in [1.807, 2.05) is 18.0 Å². The van der Waals surface area contributed by atoms with Gasteiger partial charge in [0.15, 0.2) is 0 Å². The van der Waals surface area contributed by atoms with E-state index in [1.54, 1.807) is 11.0 Å². The Kier molecular flexibility index (Phi) is 5.95. The predicted molar refractivity (Wildman–Crippen MR) is 123 cm³/mol. The van der Waals surface area contributed by atoms with Crippen molar-refractivity contribution in [2.24, 2.45) is 11.8 Å². The summed E-state index contributed by atoms with van der Waals surface area (Å²) in [4.78, 5) is 18.5. The van der Waals surface area contributed by atoms with Gasteiger partial charge in [0.1, 0.15) is 0 Å². The number of benzene rings is 1. The molecule has 1 saturated carbocycles. The lowest BCUT2D eigenvalue weighted by atomic mass is 10.0. The molecule has 0 radical (unpaired) electrons. The van der Waals surface area contributed by atoms with Crippen LogP contribution in [-0.4, -0.2) is 64.9 Å². The second-order valence-corrected chi connectivity index (χ2v) is 10.00. The number of fused-ring (bicyclic) bond motifs is 1. The zero-order valence-corrected chi connectivity index (χ0v) is 19.3. The zero-order valence-electron chi connectivity index (χ0n) is 19.3. The van der Waals surface area contributed by atoms with Crippen molar-refractivity contribution < 1.29 is 18.0 Å². The fraction of sp³-hybridized carbons (Fsp3) is 0.583. The van der Waals surface area contributed by atoms with Gasteiger partial charge in [-0.15, -0.1) is 0 Å². The molecule has 184 valence electrons. The highest BCUT2D eigenvalue weighted by Gasteiger charge is 2.44. The Morgan fingerprint density at radius 2 is 1.85 bits per heavy atom. The quantitative estimate of drug-likeness (QED) is 0.725. The van der Waals surface area contributed by atoms with Gasteiger partial charge in [0, 0.05) is 44.5 Å². The topological polar surface area (TPSA) is 70.6 Å². The molecule has 34 heavy (non-hydrogen) atoms. The van der Waals surface area contributed by atoms with Gasteiger partial charge in [0.05, 0.1) is 23.6 Å². The van der Waals surface area contributed by atoms with Gasteiger partial charge < -0.3 is 15.5 Å². The maximum atomic E-state index is 13.9. The summed E-state index contributed by atoms with van der Waals surface area (Å²) in [5.41, 5.74) is 6.57. The summed E-state index contributed by atoms with van der Waals surface area (Å²) in [6.45, 7) is 3.18. The molecule has 1 unspecified atom stereocenters. The third-order valence-corrected chi connectivity index (χ3v) is 7.71. The van der Waals surface area contributed by atoms with Crippen LogP contribution < -0.4 is 10.6 Å². The Morgan fingerprint density at radius 3 is 2.44 bits per heavy atom. The van der Waals surface area contributed by atoms with E-state index >= 15 is 0 Å². The maximum absolute atomic E-state index is 13.9. The van der Waals surface area contributed by atoms with Gasteiger partial charge in [0.2, 0.25) is 0 Å². The van der Waals surface area contributed by atoms with E-state index in [0.29, 0.717) is 41.9 Å². The second-order valence-electron chi connectivity index (χ2n) is 10.00. The lowest BCUT2D eigenvalue weighted by Gasteiger charge is -2.28. The van der Waals surface area contributed by atoms with Crippen LogP contribution in [0.25, 0.3) is 0 Å². The van der Waals surface area contributed by atoms with Crippen LogP contribution in [0.3, 0.4) is 0 Å². The monoisotopic (exact) mass is 476 g/mol. The standard InChI is InChI=1S/C24H31F3N6O/c1-30(12-16-4-5-20(31-6-2-3-7-31)10-22(16)24(25,26)27)21-8-17-13-32(14-18(17)9-21)23(34)33-15-19(28)11-29-33/h4-5,10-11,15,17-18,21H,2-3,6-9,12-14,28H2,1H3/t17-,18+,21?. The molecule has 2 saturated heterocycles. The number of amides is 1. The molecule has 5 rings (SSSR count). The number of halogens is 3. The van der Waals surface area contributed by atoms with Crippen LogP contribution in [0.4, 0.5) is 29.3 Å². The number of carbonyl (C=O) groups is 1. The number of likely N-dealkylation sites (tertiary alicyclic amines) is 1. The van der Waals surface area contributed by atoms with Crippen LogP contribution in [-0.2, 0) is 12.7 Å². The highest BCUT2D eigenvalue weighted by molar-refractivity contribution is 5.77. The van der Waals surface area contributed by atoms with Crippen molar-refractivity contribution in [3.63, 3.8) is 0 Å². The van der Waals surface area contributed by atoms with E-state index in [1.165, 1.54) is 23.1 Å². The van der Waals surface area contributed by atoms with Crippen molar-refractivity contribution in [2.75, 3.05) is 43.9 Å². The second kappa shape index (κ2) is 8.79. The van der Waals surface area contributed by atoms with Crippen molar-refractivity contribution in [3.8, 4) is 0 Å². The molecule has 2 aliphatic heterocycles. The molecule has 1 aliphatic carbocycles. The minimum Gasteiger partial charge on any atom is -0.396 e. The Bertz CT molecular complexity index is 1030. The summed E-state index contributed by atoms with van der Waals surface area (Å²) in [6, 6.07) is 4.83. The van der Waals surface area contributed by atoms with E-state index in [9.17, 15) is 18.0 Å². The lowest BCUT2D eigenvalue weighted by molar-refractivity contribution is -0.138. The SMILES string of the molecule is CN(Cc1ccc(N2CCCC2)cc1C(F)(F)F)C1C[C@@H]2CN(C(=O)n3cc(N)cn3)C[C@@H]2C1. The first-order valence-electron chi connectivity index (χ1n) is 11.9. The average molecular weight is 477 g/mol. The molecular weight excluding hydrogens is 445 g/mol. The number of nitrogens with zero attached hydrogens (tertiary/aromatic N) is 5. The Hall–Kier alpha value is -2.75. The van der Waals surface area contributed by atoms with Crippen LogP contribution in [0.15, 0.2) is 30.6 Å². The van der Waals surface area contributed by atoms with Crippen molar-refractivity contribution in [1.82, 2.24) is 19.6 Å². The first-order valence-corrected chi connectivity index (χ1v) is 11.9. The Morgan fingerprint density at radius 1 is 1.18 bits per heavy atom.